The number of aryl methyl sites for hydroxylation is 3. The molecule has 110 valence electrons. The summed E-state index contributed by atoms with van der Waals surface area (Å²) >= 11 is 0. The summed E-state index contributed by atoms with van der Waals surface area (Å²) in [6.45, 7) is 9.33. The van der Waals surface area contributed by atoms with Crippen LogP contribution < -0.4 is 5.32 Å². The number of rotatable bonds is 7. The molecule has 0 amide bonds. The second-order valence-electron chi connectivity index (χ2n) is 5.68. The Labute approximate surface area is 121 Å². The van der Waals surface area contributed by atoms with Crippen LogP contribution in [0, 0.1) is 12.8 Å². The van der Waals surface area contributed by atoms with Crippen molar-refractivity contribution in [3.05, 3.63) is 35.9 Å². The minimum atomic E-state index is 0.667. The van der Waals surface area contributed by atoms with E-state index >= 15 is 0 Å². The molecule has 0 aliphatic rings. The Kier molecular flexibility index (Phi) is 4.95. The van der Waals surface area contributed by atoms with Crippen molar-refractivity contribution in [1.82, 2.24) is 24.4 Å². The van der Waals surface area contributed by atoms with Crippen molar-refractivity contribution in [2.45, 2.75) is 40.3 Å². The minimum Gasteiger partial charge on any atom is -0.338 e. The van der Waals surface area contributed by atoms with Crippen molar-refractivity contribution in [1.29, 1.82) is 0 Å². The van der Waals surface area contributed by atoms with Crippen molar-refractivity contribution < 1.29 is 0 Å². The quantitative estimate of drug-likeness (QED) is 0.839. The predicted molar refractivity (Wildman–Crippen MR) is 80.4 cm³/mol. The number of nitrogens with zero attached hydrogens (tertiary/aromatic N) is 4. The van der Waals surface area contributed by atoms with Crippen LogP contribution >= 0.6 is 0 Å². The first-order valence-corrected chi connectivity index (χ1v) is 7.26. The molecule has 0 spiro atoms. The average Bonchev–Trinajstić information content (AvgIpc) is 2.94. The first-order valence-electron chi connectivity index (χ1n) is 7.26. The van der Waals surface area contributed by atoms with Crippen molar-refractivity contribution in [3.63, 3.8) is 0 Å². The topological polar surface area (TPSA) is 47.7 Å². The van der Waals surface area contributed by atoms with E-state index in [0.29, 0.717) is 5.92 Å². The van der Waals surface area contributed by atoms with E-state index < -0.39 is 0 Å². The number of aromatic nitrogens is 4. The lowest BCUT2D eigenvalue weighted by Gasteiger charge is -2.12. The van der Waals surface area contributed by atoms with Gasteiger partial charge in [-0.3, -0.25) is 0 Å². The summed E-state index contributed by atoms with van der Waals surface area (Å²) in [5, 5.41) is 3.48. The van der Waals surface area contributed by atoms with Gasteiger partial charge in [-0.15, -0.1) is 0 Å². The van der Waals surface area contributed by atoms with Crippen molar-refractivity contribution >= 4 is 0 Å². The van der Waals surface area contributed by atoms with Crippen LogP contribution in [0.2, 0.25) is 0 Å². The maximum Gasteiger partial charge on any atom is 0.110 e. The average molecular weight is 275 g/mol. The molecule has 0 aliphatic carbocycles. The monoisotopic (exact) mass is 275 g/mol. The van der Waals surface area contributed by atoms with Crippen LogP contribution in [0.1, 0.15) is 31.2 Å². The predicted octanol–water partition coefficient (Wildman–Crippen LogP) is 1.91. The van der Waals surface area contributed by atoms with Crippen molar-refractivity contribution in [3.8, 4) is 0 Å². The second-order valence-corrected chi connectivity index (χ2v) is 5.68. The fourth-order valence-corrected chi connectivity index (χ4v) is 2.30. The number of hydrogen-bond donors (Lipinski definition) is 1. The lowest BCUT2D eigenvalue weighted by Crippen LogP contribution is -2.21. The van der Waals surface area contributed by atoms with E-state index in [2.05, 4.69) is 45.2 Å². The van der Waals surface area contributed by atoms with Gasteiger partial charge in [-0.25, -0.2) is 9.97 Å². The summed E-state index contributed by atoms with van der Waals surface area (Å²) in [5.41, 5.74) is 1.25. The Morgan fingerprint density at radius 3 is 2.75 bits per heavy atom. The Bertz CT molecular complexity index is 538. The Morgan fingerprint density at radius 1 is 1.30 bits per heavy atom. The zero-order chi connectivity index (χ0) is 14.5. The molecule has 2 heterocycles. The van der Waals surface area contributed by atoms with Crippen molar-refractivity contribution in [2.75, 3.05) is 6.54 Å². The molecule has 2 aromatic rings. The third-order valence-electron chi connectivity index (χ3n) is 3.48. The maximum atomic E-state index is 4.43. The van der Waals surface area contributed by atoms with Gasteiger partial charge in [0.2, 0.25) is 0 Å². The molecular weight excluding hydrogens is 250 g/mol. The van der Waals surface area contributed by atoms with Crippen LogP contribution in [0.15, 0.2) is 18.6 Å². The lowest BCUT2D eigenvalue weighted by atomic mass is 10.2. The molecule has 2 aromatic heterocycles. The number of nitrogens with one attached hydrogen (secondary N) is 1. The molecule has 0 saturated carbocycles. The molecule has 0 radical (unpaired) electrons. The summed E-state index contributed by atoms with van der Waals surface area (Å²) in [4.78, 5) is 8.81. The molecule has 0 aromatic carbocycles. The van der Waals surface area contributed by atoms with Crippen LogP contribution in [0.5, 0.6) is 0 Å². The third kappa shape index (κ3) is 3.70. The molecule has 5 heteroatoms. The molecule has 2 rings (SSSR count). The molecule has 0 saturated heterocycles. The summed E-state index contributed by atoms with van der Waals surface area (Å²) in [7, 11) is 2.04. The normalized spacial score (nSPS) is 11.4. The Hall–Kier alpha value is -1.62. The van der Waals surface area contributed by atoms with E-state index in [0.717, 1.165) is 37.7 Å². The second kappa shape index (κ2) is 6.70. The van der Waals surface area contributed by atoms with E-state index in [9.17, 15) is 0 Å². The molecular formula is C15H25N5. The Balaban J connectivity index is 1.96. The van der Waals surface area contributed by atoms with Gasteiger partial charge >= 0.3 is 0 Å². The van der Waals surface area contributed by atoms with Gasteiger partial charge in [-0.2, -0.15) is 0 Å². The fraction of sp³-hybridized carbons (Fsp3) is 0.600. The zero-order valence-electron chi connectivity index (χ0n) is 12.9. The summed E-state index contributed by atoms with van der Waals surface area (Å²) < 4.78 is 4.35. The standard InChI is InChI=1S/C15H25N5/c1-12(2)9-16-10-14-11-18-13(3)20(14)7-5-15-17-6-8-19(15)4/h6,8,11-12,16H,5,7,9-10H2,1-4H3. The smallest absolute Gasteiger partial charge is 0.110 e. The largest absolute Gasteiger partial charge is 0.338 e. The zero-order valence-corrected chi connectivity index (χ0v) is 12.9. The molecule has 0 atom stereocenters. The number of imidazole rings is 2. The SMILES string of the molecule is Cc1ncc(CNCC(C)C)n1CCc1nccn1C. The van der Waals surface area contributed by atoms with Crippen LogP contribution in [0.3, 0.4) is 0 Å². The van der Waals surface area contributed by atoms with Gasteiger partial charge in [0.15, 0.2) is 0 Å². The number of hydrogen-bond acceptors (Lipinski definition) is 3. The van der Waals surface area contributed by atoms with Crippen LogP contribution in [0.25, 0.3) is 0 Å². The van der Waals surface area contributed by atoms with Gasteiger partial charge in [0.1, 0.15) is 11.6 Å². The highest BCUT2D eigenvalue weighted by molar-refractivity contribution is 5.05. The summed E-state index contributed by atoms with van der Waals surface area (Å²) in [5.74, 6) is 2.85. The van der Waals surface area contributed by atoms with Gasteiger partial charge in [0.25, 0.3) is 0 Å². The van der Waals surface area contributed by atoms with E-state index in [-0.39, 0.29) is 0 Å². The highest BCUT2D eigenvalue weighted by Crippen LogP contribution is 2.07. The lowest BCUT2D eigenvalue weighted by molar-refractivity contribution is 0.528. The van der Waals surface area contributed by atoms with Crippen LogP contribution in [-0.4, -0.2) is 25.6 Å². The summed E-state index contributed by atoms with van der Waals surface area (Å²) in [6.07, 6.45) is 6.74. The van der Waals surface area contributed by atoms with E-state index in [4.69, 9.17) is 0 Å². The fourth-order valence-electron chi connectivity index (χ4n) is 2.30. The van der Waals surface area contributed by atoms with Crippen LogP contribution in [0.4, 0.5) is 0 Å². The molecule has 1 N–H and O–H groups in total. The van der Waals surface area contributed by atoms with Gasteiger partial charge in [0.05, 0.1) is 5.69 Å². The molecule has 0 bridgehead atoms. The first-order chi connectivity index (χ1) is 9.58. The van der Waals surface area contributed by atoms with E-state index in [1.54, 1.807) is 0 Å². The molecule has 0 fully saturated rings. The maximum absolute atomic E-state index is 4.43. The molecule has 0 unspecified atom stereocenters. The van der Waals surface area contributed by atoms with E-state index in [1.807, 2.05) is 25.6 Å². The van der Waals surface area contributed by atoms with Crippen molar-refractivity contribution in [2.24, 2.45) is 13.0 Å². The van der Waals surface area contributed by atoms with Gasteiger partial charge in [-0.05, 0) is 19.4 Å². The van der Waals surface area contributed by atoms with Gasteiger partial charge < -0.3 is 14.5 Å². The highest BCUT2D eigenvalue weighted by atomic mass is 15.1. The van der Waals surface area contributed by atoms with E-state index in [1.165, 1.54) is 5.69 Å². The van der Waals surface area contributed by atoms with Gasteiger partial charge in [0, 0.05) is 45.1 Å². The molecule has 5 nitrogen and oxygen atoms in total. The third-order valence-corrected chi connectivity index (χ3v) is 3.48. The highest BCUT2D eigenvalue weighted by Gasteiger charge is 2.08. The summed E-state index contributed by atoms with van der Waals surface area (Å²) in [6, 6.07) is 0. The Morgan fingerprint density at radius 2 is 2.10 bits per heavy atom. The van der Waals surface area contributed by atoms with Crippen LogP contribution in [-0.2, 0) is 26.6 Å². The molecule has 20 heavy (non-hydrogen) atoms. The molecule has 0 aliphatic heterocycles. The first kappa shape index (κ1) is 14.8. The van der Waals surface area contributed by atoms with Gasteiger partial charge in [-0.1, -0.05) is 13.8 Å². The minimum absolute atomic E-state index is 0.667.